The van der Waals surface area contributed by atoms with Gasteiger partial charge in [-0.1, -0.05) is 0 Å². The van der Waals surface area contributed by atoms with Gasteiger partial charge in [-0.2, -0.15) is 0 Å². The summed E-state index contributed by atoms with van der Waals surface area (Å²) in [5, 5.41) is 2.90. The first-order valence-corrected chi connectivity index (χ1v) is 9.99. The van der Waals surface area contributed by atoms with Crippen molar-refractivity contribution in [2.24, 2.45) is 5.92 Å². The predicted octanol–water partition coefficient (Wildman–Crippen LogP) is 3.58. The molecule has 1 fully saturated rings. The highest BCUT2D eigenvalue weighted by Gasteiger charge is 2.26. The van der Waals surface area contributed by atoms with Gasteiger partial charge in [0.2, 0.25) is 5.91 Å². The van der Waals surface area contributed by atoms with Crippen molar-refractivity contribution >= 4 is 17.5 Å². The third-order valence-electron chi connectivity index (χ3n) is 5.36. The van der Waals surface area contributed by atoms with Crippen LogP contribution in [0.1, 0.15) is 36.2 Å². The average Bonchev–Trinajstić information content (AvgIpc) is 3.27. The summed E-state index contributed by atoms with van der Waals surface area (Å²) in [6.45, 7) is 1.31. The Morgan fingerprint density at radius 2 is 1.83 bits per heavy atom. The molecular formula is C22H28N2O6. The number of nitrogens with zero attached hydrogens (tertiary/aromatic N) is 1. The Hall–Kier alpha value is -3.16. The fourth-order valence-corrected chi connectivity index (χ4v) is 3.58. The molecule has 8 heteroatoms. The van der Waals surface area contributed by atoms with Crippen molar-refractivity contribution in [3.05, 3.63) is 36.1 Å². The molecule has 1 aliphatic rings. The number of ether oxygens (including phenoxy) is 3. The van der Waals surface area contributed by atoms with E-state index in [4.69, 9.17) is 18.6 Å². The Morgan fingerprint density at radius 3 is 2.47 bits per heavy atom. The van der Waals surface area contributed by atoms with E-state index in [1.807, 2.05) is 0 Å². The number of carbonyl (C=O) groups is 2. The zero-order valence-electron chi connectivity index (χ0n) is 17.6. The Kier molecular flexibility index (Phi) is 7.21. The summed E-state index contributed by atoms with van der Waals surface area (Å²) in [5.41, 5.74) is 0.623. The van der Waals surface area contributed by atoms with Gasteiger partial charge in [0.05, 0.1) is 27.0 Å². The summed E-state index contributed by atoms with van der Waals surface area (Å²) in [7, 11) is 4.63. The SMILES string of the molecule is COc1ccc(NC(=O)CCC2CCN(C(=O)c3ccc(OC)o3)CC2)c(OC)c1. The molecule has 0 saturated carbocycles. The van der Waals surface area contributed by atoms with Gasteiger partial charge in [0, 0.05) is 31.6 Å². The number of furan rings is 1. The molecule has 1 aromatic heterocycles. The highest BCUT2D eigenvalue weighted by Crippen LogP contribution is 2.30. The van der Waals surface area contributed by atoms with E-state index in [9.17, 15) is 9.59 Å². The average molecular weight is 416 g/mol. The highest BCUT2D eigenvalue weighted by atomic mass is 16.6. The summed E-state index contributed by atoms with van der Waals surface area (Å²) >= 11 is 0. The minimum Gasteiger partial charge on any atom is -0.497 e. The number of benzene rings is 1. The summed E-state index contributed by atoms with van der Waals surface area (Å²) in [4.78, 5) is 26.7. The van der Waals surface area contributed by atoms with E-state index in [2.05, 4.69) is 5.32 Å². The maximum atomic E-state index is 12.5. The third kappa shape index (κ3) is 5.25. The second kappa shape index (κ2) is 10.0. The molecule has 2 aromatic rings. The van der Waals surface area contributed by atoms with E-state index in [-0.39, 0.29) is 17.6 Å². The molecule has 0 atom stereocenters. The Bertz CT molecular complexity index is 870. The fourth-order valence-electron chi connectivity index (χ4n) is 3.58. The smallest absolute Gasteiger partial charge is 0.289 e. The summed E-state index contributed by atoms with van der Waals surface area (Å²) in [6.07, 6.45) is 2.93. The van der Waals surface area contributed by atoms with E-state index < -0.39 is 0 Å². The maximum absolute atomic E-state index is 12.5. The molecule has 2 heterocycles. The quantitative estimate of drug-likeness (QED) is 0.707. The predicted molar refractivity (Wildman–Crippen MR) is 111 cm³/mol. The van der Waals surface area contributed by atoms with Crippen LogP contribution in [0.3, 0.4) is 0 Å². The maximum Gasteiger partial charge on any atom is 0.289 e. The summed E-state index contributed by atoms with van der Waals surface area (Å²) < 4.78 is 20.8. The summed E-state index contributed by atoms with van der Waals surface area (Å²) in [6, 6.07) is 8.54. The van der Waals surface area contributed by atoms with Crippen LogP contribution < -0.4 is 19.5 Å². The van der Waals surface area contributed by atoms with Gasteiger partial charge in [-0.25, -0.2) is 0 Å². The molecule has 1 aromatic carbocycles. The first-order chi connectivity index (χ1) is 14.5. The van der Waals surface area contributed by atoms with Crippen LogP contribution in [-0.4, -0.2) is 51.1 Å². The molecular weight excluding hydrogens is 388 g/mol. The van der Waals surface area contributed by atoms with E-state index in [1.54, 1.807) is 49.5 Å². The van der Waals surface area contributed by atoms with Gasteiger partial charge in [-0.05, 0) is 43.4 Å². The highest BCUT2D eigenvalue weighted by molar-refractivity contribution is 5.92. The molecule has 0 radical (unpaired) electrons. The van der Waals surface area contributed by atoms with Crippen molar-refractivity contribution < 1.29 is 28.2 Å². The minimum absolute atomic E-state index is 0.0559. The largest absolute Gasteiger partial charge is 0.497 e. The first kappa shape index (κ1) is 21.5. The summed E-state index contributed by atoms with van der Waals surface area (Å²) in [5.74, 6) is 2.07. The molecule has 2 amide bonds. The third-order valence-corrected chi connectivity index (χ3v) is 5.36. The first-order valence-electron chi connectivity index (χ1n) is 9.99. The second-order valence-electron chi connectivity index (χ2n) is 7.21. The lowest BCUT2D eigenvalue weighted by molar-refractivity contribution is -0.116. The van der Waals surface area contributed by atoms with E-state index in [0.717, 1.165) is 19.3 Å². The van der Waals surface area contributed by atoms with Crippen LogP contribution in [0.2, 0.25) is 0 Å². The number of piperidine rings is 1. The Morgan fingerprint density at radius 1 is 1.07 bits per heavy atom. The van der Waals surface area contributed by atoms with Crippen LogP contribution in [0, 0.1) is 5.92 Å². The molecule has 1 saturated heterocycles. The lowest BCUT2D eigenvalue weighted by Crippen LogP contribution is -2.38. The molecule has 1 aliphatic heterocycles. The van der Waals surface area contributed by atoms with Gasteiger partial charge in [-0.3, -0.25) is 9.59 Å². The van der Waals surface area contributed by atoms with Crippen LogP contribution in [0.5, 0.6) is 17.4 Å². The van der Waals surface area contributed by atoms with Crippen LogP contribution in [0.15, 0.2) is 34.7 Å². The topological polar surface area (TPSA) is 90.2 Å². The molecule has 1 N–H and O–H groups in total. The standard InChI is InChI=1S/C22H28N2O6/c1-27-16-5-6-17(19(14-16)28-2)23-20(25)8-4-15-10-12-24(13-11-15)22(26)18-7-9-21(29-3)30-18/h5-7,9,14-15H,4,8,10-13H2,1-3H3,(H,23,25). The number of amides is 2. The van der Waals surface area contributed by atoms with Crippen molar-refractivity contribution in [3.63, 3.8) is 0 Å². The molecule has 162 valence electrons. The Balaban J connectivity index is 1.44. The fraction of sp³-hybridized carbons (Fsp3) is 0.455. The monoisotopic (exact) mass is 416 g/mol. The van der Waals surface area contributed by atoms with Crippen LogP contribution in [0.4, 0.5) is 5.69 Å². The van der Waals surface area contributed by atoms with Crippen molar-refractivity contribution in [2.75, 3.05) is 39.7 Å². The van der Waals surface area contributed by atoms with E-state index in [1.165, 1.54) is 7.11 Å². The van der Waals surface area contributed by atoms with Gasteiger partial charge < -0.3 is 28.8 Å². The molecule has 8 nitrogen and oxygen atoms in total. The number of rotatable bonds is 8. The lowest BCUT2D eigenvalue weighted by atomic mass is 9.92. The number of likely N-dealkylation sites (tertiary alicyclic amines) is 1. The lowest BCUT2D eigenvalue weighted by Gasteiger charge is -2.31. The van der Waals surface area contributed by atoms with Crippen molar-refractivity contribution in [1.82, 2.24) is 4.90 Å². The van der Waals surface area contributed by atoms with Gasteiger partial charge in [0.15, 0.2) is 5.76 Å². The molecule has 0 spiro atoms. The molecule has 30 heavy (non-hydrogen) atoms. The zero-order valence-corrected chi connectivity index (χ0v) is 17.6. The van der Waals surface area contributed by atoms with Gasteiger partial charge >= 0.3 is 0 Å². The number of nitrogens with one attached hydrogen (secondary N) is 1. The van der Waals surface area contributed by atoms with Crippen LogP contribution in [-0.2, 0) is 4.79 Å². The number of hydrogen-bond donors (Lipinski definition) is 1. The molecule has 3 rings (SSSR count). The van der Waals surface area contributed by atoms with Crippen molar-refractivity contribution in [1.29, 1.82) is 0 Å². The van der Waals surface area contributed by atoms with Crippen LogP contribution >= 0.6 is 0 Å². The number of hydrogen-bond acceptors (Lipinski definition) is 6. The minimum atomic E-state index is -0.124. The molecule has 0 aliphatic carbocycles. The van der Waals surface area contributed by atoms with Crippen LogP contribution in [0.25, 0.3) is 0 Å². The van der Waals surface area contributed by atoms with Gasteiger partial charge in [0.1, 0.15) is 11.5 Å². The normalized spacial score (nSPS) is 14.3. The number of carbonyl (C=O) groups excluding carboxylic acids is 2. The van der Waals surface area contributed by atoms with Crippen molar-refractivity contribution in [2.45, 2.75) is 25.7 Å². The Labute approximate surface area is 176 Å². The van der Waals surface area contributed by atoms with Gasteiger partial charge in [-0.15, -0.1) is 0 Å². The van der Waals surface area contributed by atoms with Crippen molar-refractivity contribution in [3.8, 4) is 17.4 Å². The number of methoxy groups -OCH3 is 3. The second-order valence-corrected chi connectivity index (χ2v) is 7.21. The molecule has 0 unspecified atom stereocenters. The van der Waals surface area contributed by atoms with E-state index >= 15 is 0 Å². The zero-order chi connectivity index (χ0) is 21.5. The van der Waals surface area contributed by atoms with Gasteiger partial charge in [0.25, 0.3) is 11.9 Å². The number of anilines is 1. The molecule has 0 bridgehead atoms. The van der Waals surface area contributed by atoms with E-state index in [0.29, 0.717) is 48.6 Å².